The van der Waals surface area contributed by atoms with Gasteiger partial charge >= 0.3 is 0 Å². The van der Waals surface area contributed by atoms with Crippen molar-refractivity contribution < 1.29 is 0 Å². The number of hydrogen-bond acceptors (Lipinski definition) is 1. The van der Waals surface area contributed by atoms with Gasteiger partial charge in [-0.25, -0.2) is 0 Å². The van der Waals surface area contributed by atoms with Crippen LogP contribution in [0.3, 0.4) is 0 Å². The Labute approximate surface area is 417 Å². The normalized spacial score (nSPS) is 16.2. The maximum absolute atomic E-state index is 2.65. The molecule has 338 valence electrons. The topological polar surface area (TPSA) is 3.24 Å². The van der Waals surface area contributed by atoms with E-state index in [0.29, 0.717) is 0 Å². The van der Waals surface area contributed by atoms with Crippen LogP contribution < -0.4 is 4.90 Å². The van der Waals surface area contributed by atoms with Crippen molar-refractivity contribution in [3.63, 3.8) is 0 Å². The maximum Gasteiger partial charge on any atom is 0.0726 e. The number of anilines is 3. The van der Waals surface area contributed by atoms with Gasteiger partial charge in [-0.2, -0.15) is 0 Å². The number of nitrogens with zero attached hydrogens (tertiary/aromatic N) is 1. The first-order chi connectivity index (χ1) is 34.5. The van der Waals surface area contributed by atoms with Gasteiger partial charge in [0.1, 0.15) is 0 Å². The van der Waals surface area contributed by atoms with E-state index in [9.17, 15) is 0 Å². The molecule has 0 saturated heterocycles. The Morgan fingerprint density at radius 2 is 0.577 bits per heavy atom. The quantitative estimate of drug-likeness (QED) is 0.170. The summed E-state index contributed by atoms with van der Waals surface area (Å²) < 4.78 is 0. The molecule has 10 aromatic carbocycles. The van der Waals surface area contributed by atoms with Gasteiger partial charge in [-0.1, -0.05) is 217 Å². The number of fused-ring (bicyclic) bond motifs is 19. The second-order valence-electron chi connectivity index (χ2n) is 22.3. The van der Waals surface area contributed by atoms with Crippen molar-refractivity contribution in [1.82, 2.24) is 0 Å². The Bertz CT molecular complexity index is 3820. The minimum Gasteiger partial charge on any atom is -0.310 e. The van der Waals surface area contributed by atoms with Crippen LogP contribution in [-0.2, 0) is 21.7 Å². The molecule has 0 unspecified atom stereocenters. The van der Waals surface area contributed by atoms with Gasteiger partial charge in [0.05, 0.1) is 5.41 Å². The Balaban J connectivity index is 1.05. The summed E-state index contributed by atoms with van der Waals surface area (Å²) in [5, 5.41) is 0. The Morgan fingerprint density at radius 1 is 0.239 bits per heavy atom. The molecule has 0 aromatic heterocycles. The highest BCUT2D eigenvalue weighted by Crippen LogP contribution is 2.68. The summed E-state index contributed by atoms with van der Waals surface area (Å²) in [6.45, 7) is 14.5. The summed E-state index contributed by atoms with van der Waals surface area (Å²) in [6, 6.07) is 81.6. The van der Waals surface area contributed by atoms with Crippen LogP contribution in [0.25, 0.3) is 66.8 Å². The molecule has 0 saturated carbocycles. The highest BCUT2D eigenvalue weighted by atomic mass is 15.1. The van der Waals surface area contributed by atoms with E-state index in [1.165, 1.54) is 122 Å². The van der Waals surface area contributed by atoms with Gasteiger partial charge in [0.25, 0.3) is 0 Å². The first-order valence-electron chi connectivity index (χ1n) is 25.5. The minimum absolute atomic E-state index is 0.156. The molecule has 0 radical (unpaired) electrons. The summed E-state index contributed by atoms with van der Waals surface area (Å²) >= 11 is 0. The van der Waals surface area contributed by atoms with Crippen LogP contribution in [0.5, 0.6) is 0 Å². The second-order valence-corrected chi connectivity index (χ2v) is 22.3. The van der Waals surface area contributed by atoms with Crippen LogP contribution in [0.4, 0.5) is 17.1 Å². The molecule has 0 atom stereocenters. The van der Waals surface area contributed by atoms with E-state index in [-0.39, 0.29) is 16.2 Å². The first-order valence-corrected chi connectivity index (χ1v) is 25.5. The summed E-state index contributed by atoms with van der Waals surface area (Å²) in [4.78, 5) is 2.57. The van der Waals surface area contributed by atoms with Gasteiger partial charge in [0.2, 0.25) is 0 Å². The molecule has 15 rings (SSSR count). The Kier molecular flexibility index (Phi) is 7.98. The van der Waals surface area contributed by atoms with Crippen LogP contribution in [0.2, 0.25) is 0 Å². The Hall–Kier alpha value is -8.00. The third-order valence-electron chi connectivity index (χ3n) is 17.9. The lowest BCUT2D eigenvalue weighted by molar-refractivity contribution is 0.657. The van der Waals surface area contributed by atoms with E-state index >= 15 is 0 Å². The lowest BCUT2D eigenvalue weighted by Gasteiger charge is -2.34. The third-order valence-corrected chi connectivity index (χ3v) is 17.9. The van der Waals surface area contributed by atoms with Crippen molar-refractivity contribution in [3.8, 4) is 66.8 Å². The van der Waals surface area contributed by atoms with Crippen molar-refractivity contribution in [2.24, 2.45) is 0 Å². The smallest absolute Gasteiger partial charge is 0.0726 e. The zero-order valence-corrected chi connectivity index (χ0v) is 41.2. The molecule has 1 spiro atoms. The molecule has 0 fully saturated rings. The standard InChI is InChI=1S/C70H53N/c1-67(2)54-27-15-10-22-46(54)50-35-32-43(38-59(50)67)71(44-33-36-51-47-23-11-16-28-55(47)68(3,4)60(51)39-44)45-34-37-53-61(40-45)70(57-30-18-12-24-48(57)49-25-13-19-31-58(49)70)63-41-62-65(52-26-14-17-29-56(52)69(62,5)6)64(66(53)63)42-20-8-7-9-21-42/h7-41H,1-6H3. The molecule has 0 amide bonds. The van der Waals surface area contributed by atoms with E-state index < -0.39 is 5.41 Å². The summed E-state index contributed by atoms with van der Waals surface area (Å²) in [7, 11) is 0. The fourth-order valence-electron chi connectivity index (χ4n) is 14.6. The molecular formula is C70H53N. The van der Waals surface area contributed by atoms with Crippen molar-refractivity contribution in [2.75, 3.05) is 4.90 Å². The molecule has 1 nitrogen and oxygen atoms in total. The second kappa shape index (κ2) is 13.9. The lowest BCUT2D eigenvalue weighted by atomic mass is 9.69. The molecule has 71 heavy (non-hydrogen) atoms. The SMILES string of the molecule is CC1(C)c2ccccc2-c2ccc(N(c3ccc4c(c3)C(C)(C)c3ccccc3-4)c3ccc4c(c3)C3(c5ccccc5-c5ccccc53)c3cc5c(c(-c6ccccc6)c3-4)-c3ccccc3C5(C)C)cc21. The van der Waals surface area contributed by atoms with E-state index in [1.807, 2.05) is 0 Å². The Morgan fingerprint density at radius 3 is 1.08 bits per heavy atom. The van der Waals surface area contributed by atoms with Gasteiger partial charge in [-0.05, 0) is 159 Å². The number of hydrogen-bond donors (Lipinski definition) is 0. The molecule has 0 bridgehead atoms. The average molecular weight is 908 g/mol. The van der Waals surface area contributed by atoms with E-state index in [1.54, 1.807) is 0 Å². The van der Waals surface area contributed by atoms with Crippen LogP contribution in [-0.4, -0.2) is 0 Å². The highest BCUT2D eigenvalue weighted by molar-refractivity contribution is 6.07. The van der Waals surface area contributed by atoms with Gasteiger partial charge in [0.15, 0.2) is 0 Å². The van der Waals surface area contributed by atoms with Gasteiger partial charge in [-0.3, -0.25) is 0 Å². The maximum atomic E-state index is 2.65. The summed E-state index contributed by atoms with van der Waals surface area (Å²) in [5.74, 6) is 0. The molecular weight excluding hydrogens is 855 g/mol. The summed E-state index contributed by atoms with van der Waals surface area (Å²) in [5.41, 5.74) is 32.0. The van der Waals surface area contributed by atoms with Crippen LogP contribution in [0, 0.1) is 0 Å². The highest BCUT2D eigenvalue weighted by Gasteiger charge is 2.54. The van der Waals surface area contributed by atoms with Crippen molar-refractivity contribution in [2.45, 2.75) is 63.2 Å². The molecule has 0 N–H and O–H groups in total. The fraction of sp³-hybridized carbons (Fsp3) is 0.143. The monoisotopic (exact) mass is 907 g/mol. The van der Waals surface area contributed by atoms with Gasteiger partial charge < -0.3 is 4.90 Å². The number of rotatable bonds is 4. The lowest BCUT2D eigenvalue weighted by Crippen LogP contribution is -2.27. The fourth-order valence-corrected chi connectivity index (χ4v) is 14.6. The van der Waals surface area contributed by atoms with Crippen LogP contribution in [0.1, 0.15) is 97.2 Å². The van der Waals surface area contributed by atoms with Crippen LogP contribution >= 0.6 is 0 Å². The van der Waals surface area contributed by atoms with Crippen molar-refractivity contribution in [1.29, 1.82) is 0 Å². The molecule has 1 heteroatoms. The predicted octanol–water partition coefficient (Wildman–Crippen LogP) is 18.1. The minimum atomic E-state index is -0.577. The van der Waals surface area contributed by atoms with Crippen molar-refractivity contribution >= 4 is 17.1 Å². The zero-order chi connectivity index (χ0) is 47.8. The molecule has 0 heterocycles. The third kappa shape index (κ3) is 5.06. The average Bonchev–Trinajstić information content (AvgIpc) is 4.09. The van der Waals surface area contributed by atoms with Crippen LogP contribution in [0.15, 0.2) is 212 Å². The molecule has 5 aliphatic carbocycles. The van der Waals surface area contributed by atoms with Crippen molar-refractivity contribution in [3.05, 3.63) is 268 Å². The number of benzene rings is 10. The zero-order valence-electron chi connectivity index (χ0n) is 41.2. The molecule has 5 aliphatic rings. The molecule has 10 aromatic rings. The van der Waals surface area contributed by atoms with E-state index in [0.717, 1.165) is 17.1 Å². The van der Waals surface area contributed by atoms with E-state index in [4.69, 9.17) is 0 Å². The molecule has 0 aliphatic heterocycles. The summed E-state index contributed by atoms with van der Waals surface area (Å²) in [6.07, 6.45) is 0. The van der Waals surface area contributed by atoms with Gasteiger partial charge in [-0.15, -0.1) is 0 Å². The first kappa shape index (κ1) is 40.8. The largest absolute Gasteiger partial charge is 0.310 e. The van der Waals surface area contributed by atoms with E-state index in [2.05, 4.69) is 259 Å². The van der Waals surface area contributed by atoms with Gasteiger partial charge in [0, 0.05) is 33.3 Å². The predicted molar refractivity (Wildman–Crippen MR) is 296 cm³/mol.